The molecule has 0 bridgehead atoms. The number of unbranched alkanes of at least 4 members (excludes halogenated alkanes) is 10. The molecule has 1 heterocycles. The van der Waals surface area contributed by atoms with Gasteiger partial charge in [0.05, 0.1) is 19.3 Å². The number of ether oxygens (including phenoxy) is 3. The molecule has 0 radical (unpaired) electrons. The molecule has 8 nitrogen and oxygen atoms in total. The van der Waals surface area contributed by atoms with Crippen LogP contribution in [0.25, 0.3) is 0 Å². The van der Waals surface area contributed by atoms with Crippen LogP contribution in [0, 0.1) is 20.8 Å². The first kappa shape index (κ1) is 45.2. The normalized spacial score (nSPS) is 12.7. The molecule has 1 unspecified atom stereocenters. The van der Waals surface area contributed by atoms with Crippen molar-refractivity contribution < 1.29 is 54.5 Å². The summed E-state index contributed by atoms with van der Waals surface area (Å²) in [7, 11) is 0. The molecule has 0 saturated carbocycles. The zero-order valence-electron chi connectivity index (χ0n) is 26.1. The van der Waals surface area contributed by atoms with E-state index < -0.39 is 17.9 Å². The Bertz CT molecular complexity index is 574. The quantitative estimate of drug-likeness (QED) is 0.0740. The second-order valence-corrected chi connectivity index (χ2v) is 9.52. The van der Waals surface area contributed by atoms with Gasteiger partial charge in [-0.3, -0.25) is 39.9 Å². The van der Waals surface area contributed by atoms with Gasteiger partial charge in [-0.05, 0) is 19.3 Å². The molecule has 9 heteroatoms. The van der Waals surface area contributed by atoms with Crippen molar-refractivity contribution in [3.63, 3.8) is 0 Å². The minimum atomic E-state index is -0.537. The molecule has 0 aromatic heterocycles. The molecule has 0 aromatic carbocycles. The number of carbonyl (C=O) groups excluding carboxylic acids is 4. The Morgan fingerprint density at radius 2 is 1.00 bits per heavy atom. The molecule has 40 heavy (non-hydrogen) atoms. The molecular weight excluding hydrogens is 682 g/mol. The first-order chi connectivity index (χ1) is 18.6. The standard InChI is InChI=1S/2C10H19O2.C8H12NO3.C3H8.W/c2*1-3-4-5-6-7-8-9-12-10(2)11;1-6(10)9-4-3-8(9)5-12-7(2)11;1-3-2;/h2*2-9H2,1H3;8H,2-5H2,1H3;3H2,1-2H3;/q3*-1;;. The van der Waals surface area contributed by atoms with E-state index in [9.17, 15) is 19.2 Å². The first-order valence-corrected chi connectivity index (χ1v) is 14.8. The van der Waals surface area contributed by atoms with E-state index in [1.54, 1.807) is 4.90 Å². The van der Waals surface area contributed by atoms with Crippen LogP contribution in [-0.2, 0) is 54.5 Å². The van der Waals surface area contributed by atoms with Gasteiger partial charge >= 0.3 is 0 Å². The molecule has 238 valence electrons. The van der Waals surface area contributed by atoms with Crippen LogP contribution in [0.2, 0.25) is 0 Å². The summed E-state index contributed by atoms with van der Waals surface area (Å²) in [5, 5.41) is 0. The van der Waals surface area contributed by atoms with Crippen LogP contribution >= 0.6 is 0 Å². The van der Waals surface area contributed by atoms with E-state index >= 15 is 0 Å². The second-order valence-electron chi connectivity index (χ2n) is 9.52. The van der Waals surface area contributed by atoms with Crippen LogP contribution < -0.4 is 0 Å². The van der Waals surface area contributed by atoms with Crippen LogP contribution in [0.5, 0.6) is 0 Å². The summed E-state index contributed by atoms with van der Waals surface area (Å²) < 4.78 is 14.1. The minimum Gasteiger partial charge on any atom is -0.488 e. The predicted molar refractivity (Wildman–Crippen MR) is 157 cm³/mol. The van der Waals surface area contributed by atoms with E-state index in [1.165, 1.54) is 64.7 Å². The summed E-state index contributed by atoms with van der Waals surface area (Å²) in [5.74, 6) is -1.33. The zero-order valence-corrected chi connectivity index (χ0v) is 29.1. The maximum atomic E-state index is 10.9. The van der Waals surface area contributed by atoms with Gasteiger partial charge in [0.15, 0.2) is 17.9 Å². The van der Waals surface area contributed by atoms with Gasteiger partial charge in [-0.15, -0.1) is 0 Å². The van der Waals surface area contributed by atoms with Crippen molar-refractivity contribution in [1.29, 1.82) is 0 Å². The maximum Gasteiger partial charge on any atom is 0.219 e. The maximum absolute atomic E-state index is 10.9. The van der Waals surface area contributed by atoms with Crippen molar-refractivity contribution in [3.05, 3.63) is 20.8 Å². The van der Waals surface area contributed by atoms with E-state index in [4.69, 9.17) is 9.47 Å². The Kier molecular flexibility index (Phi) is 39.8. The molecule has 0 aromatic rings. The van der Waals surface area contributed by atoms with Crippen LogP contribution in [0.3, 0.4) is 0 Å². The molecule has 1 atom stereocenters. The van der Waals surface area contributed by atoms with Crippen molar-refractivity contribution in [2.75, 3.05) is 26.4 Å². The summed E-state index contributed by atoms with van der Waals surface area (Å²) >= 11 is 0. The molecule has 1 saturated heterocycles. The number of nitrogens with zero attached hydrogens (tertiary/aromatic N) is 1. The van der Waals surface area contributed by atoms with Gasteiger partial charge < -0.3 is 19.1 Å². The monoisotopic (exact) mass is 740 g/mol. The van der Waals surface area contributed by atoms with E-state index in [2.05, 4.69) is 53.2 Å². The van der Waals surface area contributed by atoms with Crippen molar-refractivity contribution in [2.24, 2.45) is 0 Å². The van der Waals surface area contributed by atoms with Gasteiger partial charge in [0.25, 0.3) is 0 Å². The average molecular weight is 741 g/mol. The van der Waals surface area contributed by atoms with Gasteiger partial charge in [-0.25, -0.2) is 0 Å². The van der Waals surface area contributed by atoms with Crippen LogP contribution in [-0.4, -0.2) is 61.1 Å². The fraction of sp³-hybridized carbons (Fsp3) is 0.774. The van der Waals surface area contributed by atoms with Gasteiger partial charge in [0, 0.05) is 34.5 Å². The Morgan fingerprint density at radius 1 is 0.650 bits per heavy atom. The summed E-state index contributed by atoms with van der Waals surface area (Å²) in [6.07, 6.45) is 16.7. The Hall–Kier alpha value is -1.82. The molecule has 0 N–H and O–H groups in total. The molecule has 0 spiro atoms. The Balaban J connectivity index is -0.000000228. The largest absolute Gasteiger partial charge is 0.488 e. The van der Waals surface area contributed by atoms with Gasteiger partial charge in [-0.2, -0.15) is 0 Å². The van der Waals surface area contributed by atoms with Crippen LogP contribution in [0.1, 0.15) is 125 Å². The molecule has 1 fully saturated rings. The van der Waals surface area contributed by atoms with Crippen molar-refractivity contribution in [3.8, 4) is 0 Å². The van der Waals surface area contributed by atoms with Crippen molar-refractivity contribution >= 4 is 23.8 Å². The van der Waals surface area contributed by atoms with Gasteiger partial charge in [-0.1, -0.05) is 98.3 Å². The summed E-state index contributed by atoms with van der Waals surface area (Å²) in [6.45, 7) is 21.6. The minimum absolute atomic E-state index is 0. The van der Waals surface area contributed by atoms with Crippen molar-refractivity contribution in [2.45, 2.75) is 131 Å². The third kappa shape index (κ3) is 38.3. The number of carbonyl (C=O) groups is 4. The number of likely N-dealkylation sites (tertiary alicyclic amines) is 1. The topological polar surface area (TPSA) is 99.2 Å². The molecule has 1 aliphatic heterocycles. The molecule has 0 aliphatic carbocycles. The number of rotatable bonds is 16. The fourth-order valence-electron chi connectivity index (χ4n) is 3.35. The molecule has 1 aliphatic rings. The third-order valence-electron chi connectivity index (χ3n) is 5.51. The SMILES string of the molecule is CCC.[CH2-]C(=O)OCC1CCN1C(C)=O.[CH2-]C(=O)OCCCCCCCC.[CH2-]C(=O)OCCCCCCCC.[W]. The van der Waals surface area contributed by atoms with E-state index in [-0.39, 0.29) is 39.6 Å². The molecule has 1 amide bonds. The predicted octanol–water partition coefficient (Wildman–Crippen LogP) is 6.85. The van der Waals surface area contributed by atoms with Gasteiger partial charge in [0.2, 0.25) is 5.91 Å². The summed E-state index contributed by atoms with van der Waals surface area (Å²) in [6, 6.07) is 0.0770. The fourth-order valence-corrected chi connectivity index (χ4v) is 3.35. The summed E-state index contributed by atoms with van der Waals surface area (Å²) in [4.78, 5) is 43.4. The number of amides is 1. The van der Waals surface area contributed by atoms with E-state index in [0.29, 0.717) is 13.2 Å². The van der Waals surface area contributed by atoms with Crippen LogP contribution in [0.15, 0.2) is 0 Å². The smallest absolute Gasteiger partial charge is 0.219 e. The Labute approximate surface area is 260 Å². The second kappa shape index (κ2) is 35.2. The van der Waals surface area contributed by atoms with E-state index in [1.807, 2.05) is 0 Å². The summed E-state index contributed by atoms with van der Waals surface area (Å²) in [5.41, 5.74) is 0. The first-order valence-electron chi connectivity index (χ1n) is 14.8. The van der Waals surface area contributed by atoms with Crippen LogP contribution in [0.4, 0.5) is 0 Å². The number of hydrogen-bond acceptors (Lipinski definition) is 7. The molecule has 1 rings (SSSR count). The third-order valence-corrected chi connectivity index (χ3v) is 5.51. The number of esters is 3. The number of hydrogen-bond donors (Lipinski definition) is 0. The molecular formula is C31H58NO7W-3. The average Bonchev–Trinajstić information content (AvgIpc) is 2.83. The Morgan fingerprint density at radius 3 is 1.27 bits per heavy atom. The van der Waals surface area contributed by atoms with Gasteiger partial charge in [0.1, 0.15) is 6.61 Å². The zero-order chi connectivity index (χ0) is 30.3. The van der Waals surface area contributed by atoms with Crippen molar-refractivity contribution in [1.82, 2.24) is 4.90 Å². The van der Waals surface area contributed by atoms with E-state index in [0.717, 1.165) is 38.6 Å².